The van der Waals surface area contributed by atoms with Gasteiger partial charge in [0.15, 0.2) is 5.76 Å². The zero-order chi connectivity index (χ0) is 28.8. The molecule has 3 atom stereocenters. The maximum atomic E-state index is 13.5. The lowest BCUT2D eigenvalue weighted by atomic mass is 10.0. The topological polar surface area (TPSA) is 120 Å². The van der Waals surface area contributed by atoms with Crippen molar-refractivity contribution in [3.63, 3.8) is 0 Å². The van der Waals surface area contributed by atoms with Crippen LogP contribution in [0.2, 0.25) is 0 Å². The molecule has 0 spiro atoms. The maximum absolute atomic E-state index is 13.5. The number of amides is 3. The quantitative estimate of drug-likeness (QED) is 0.385. The number of carbonyl (C=O) groups is 2. The van der Waals surface area contributed by atoms with Crippen molar-refractivity contribution in [3.8, 4) is 5.75 Å². The predicted molar refractivity (Wildman–Crippen MR) is 153 cm³/mol. The Kier molecular flexibility index (Phi) is 9.44. The molecule has 0 unspecified atom stereocenters. The third-order valence-corrected chi connectivity index (χ3v) is 7.23. The van der Waals surface area contributed by atoms with Crippen LogP contribution in [0.3, 0.4) is 0 Å². The number of nitrogens with one attached hydrogen (secondary N) is 2. The van der Waals surface area contributed by atoms with Crippen LogP contribution in [0.25, 0.3) is 0 Å². The molecule has 0 aliphatic carbocycles. The molecule has 0 radical (unpaired) electrons. The molecule has 1 aromatic heterocycles. The minimum atomic E-state index is -0.450. The zero-order valence-corrected chi connectivity index (χ0v) is 23.8. The van der Waals surface area contributed by atoms with E-state index in [1.54, 1.807) is 36.9 Å². The van der Waals surface area contributed by atoms with Gasteiger partial charge in [-0.15, -0.1) is 0 Å². The van der Waals surface area contributed by atoms with Crippen molar-refractivity contribution in [2.75, 3.05) is 37.4 Å². The predicted octanol–water partition coefficient (Wildman–Crippen LogP) is 4.22. The van der Waals surface area contributed by atoms with Gasteiger partial charge in [0.2, 0.25) is 5.91 Å². The Morgan fingerprint density at radius 1 is 1.20 bits per heavy atom. The number of carbonyl (C=O) groups excluding carboxylic acids is 2. The Bertz CT molecular complexity index is 1290. The first kappa shape index (κ1) is 29.1. The standard InChI is InChI=1S/C30H39N5O5/c1-19-15-35(20(2)18-36)28(37)14-24-13-25(31-30(38)32-29-21(3)33-40-22(29)4)11-12-26(24)39-27(19)17-34(5)16-23-9-7-6-8-10-23/h6-13,19-20,27,36H,14-18H2,1-5H3,(H2,31,32,38)/t19-,20+,27+/m1/s1. The molecular formula is C30H39N5O5. The molecule has 0 fully saturated rings. The van der Waals surface area contributed by atoms with Gasteiger partial charge in [-0.3, -0.25) is 9.69 Å². The summed E-state index contributed by atoms with van der Waals surface area (Å²) in [6, 6.07) is 14.8. The third-order valence-electron chi connectivity index (χ3n) is 7.23. The van der Waals surface area contributed by atoms with Gasteiger partial charge in [0.25, 0.3) is 0 Å². The second-order valence-electron chi connectivity index (χ2n) is 10.7. The fraction of sp³-hybridized carbons (Fsp3) is 0.433. The van der Waals surface area contributed by atoms with Gasteiger partial charge in [-0.2, -0.15) is 0 Å². The Morgan fingerprint density at radius 3 is 2.62 bits per heavy atom. The third kappa shape index (κ3) is 7.19. The van der Waals surface area contributed by atoms with Crippen molar-refractivity contribution < 1.29 is 24.0 Å². The summed E-state index contributed by atoms with van der Waals surface area (Å²) >= 11 is 0. The molecule has 10 nitrogen and oxygen atoms in total. The number of aromatic nitrogens is 1. The van der Waals surface area contributed by atoms with E-state index < -0.39 is 6.03 Å². The van der Waals surface area contributed by atoms with Crippen LogP contribution in [-0.4, -0.2) is 70.9 Å². The van der Waals surface area contributed by atoms with E-state index in [0.29, 0.717) is 47.2 Å². The average molecular weight is 550 g/mol. The van der Waals surface area contributed by atoms with Gasteiger partial charge in [-0.1, -0.05) is 42.4 Å². The number of hydrogen-bond donors (Lipinski definition) is 3. The number of nitrogens with zero attached hydrogens (tertiary/aromatic N) is 3. The largest absolute Gasteiger partial charge is 0.488 e. The molecule has 3 aromatic rings. The Hall–Kier alpha value is -3.89. The summed E-state index contributed by atoms with van der Waals surface area (Å²) in [7, 11) is 2.06. The van der Waals surface area contributed by atoms with Gasteiger partial charge in [-0.25, -0.2) is 4.79 Å². The van der Waals surface area contributed by atoms with Crippen molar-refractivity contribution in [2.45, 2.75) is 52.8 Å². The molecule has 1 aliphatic rings. The molecule has 2 aromatic carbocycles. The number of anilines is 2. The van der Waals surface area contributed by atoms with E-state index in [1.165, 1.54) is 5.56 Å². The lowest BCUT2D eigenvalue weighted by molar-refractivity contribution is -0.134. The number of aryl methyl sites for hydroxylation is 2. The van der Waals surface area contributed by atoms with Gasteiger partial charge >= 0.3 is 6.03 Å². The van der Waals surface area contributed by atoms with Gasteiger partial charge in [0.1, 0.15) is 23.2 Å². The Balaban J connectivity index is 1.57. The van der Waals surface area contributed by atoms with Gasteiger partial charge in [0, 0.05) is 36.8 Å². The van der Waals surface area contributed by atoms with Gasteiger partial charge < -0.3 is 29.9 Å². The van der Waals surface area contributed by atoms with E-state index in [2.05, 4.69) is 46.8 Å². The molecule has 0 saturated carbocycles. The molecule has 4 rings (SSSR count). The average Bonchev–Trinajstić information content (AvgIpc) is 3.25. The lowest BCUT2D eigenvalue weighted by Gasteiger charge is -2.34. The number of fused-ring (bicyclic) bond motifs is 1. The van der Waals surface area contributed by atoms with E-state index in [-0.39, 0.29) is 37.0 Å². The fourth-order valence-corrected chi connectivity index (χ4v) is 4.93. The summed E-state index contributed by atoms with van der Waals surface area (Å²) in [5.74, 6) is 1.01. The minimum Gasteiger partial charge on any atom is -0.488 e. The molecule has 0 bridgehead atoms. The van der Waals surface area contributed by atoms with Crippen LogP contribution < -0.4 is 15.4 Å². The second kappa shape index (κ2) is 13.0. The minimum absolute atomic E-state index is 0.000696. The molecule has 3 amide bonds. The van der Waals surface area contributed by atoms with Gasteiger partial charge in [-0.05, 0) is 51.6 Å². The van der Waals surface area contributed by atoms with Crippen LogP contribution in [0.1, 0.15) is 36.4 Å². The van der Waals surface area contributed by atoms with E-state index in [4.69, 9.17) is 9.26 Å². The highest BCUT2D eigenvalue weighted by Crippen LogP contribution is 2.29. The number of benzene rings is 2. The molecule has 40 heavy (non-hydrogen) atoms. The number of rotatable bonds is 8. The highest BCUT2D eigenvalue weighted by molar-refractivity contribution is 6.00. The SMILES string of the molecule is Cc1noc(C)c1NC(=O)Nc1ccc2c(c1)CC(=O)N([C@@H](C)CO)C[C@@H](C)[C@H](CN(C)Cc1ccccc1)O2. The highest BCUT2D eigenvalue weighted by Gasteiger charge is 2.31. The van der Waals surface area contributed by atoms with Crippen molar-refractivity contribution in [2.24, 2.45) is 5.92 Å². The van der Waals surface area contributed by atoms with Crippen molar-refractivity contribution in [1.82, 2.24) is 15.0 Å². The number of likely N-dealkylation sites (N-methyl/N-ethyl adjacent to an activating group) is 1. The maximum Gasteiger partial charge on any atom is 0.323 e. The van der Waals surface area contributed by atoms with Crippen LogP contribution in [-0.2, 0) is 17.8 Å². The Morgan fingerprint density at radius 2 is 1.95 bits per heavy atom. The monoisotopic (exact) mass is 549 g/mol. The van der Waals surface area contributed by atoms with E-state index in [0.717, 1.165) is 6.54 Å². The van der Waals surface area contributed by atoms with Crippen LogP contribution in [0, 0.1) is 19.8 Å². The number of aliphatic hydroxyl groups is 1. The first-order chi connectivity index (χ1) is 19.1. The number of aliphatic hydroxyl groups excluding tert-OH is 1. The van der Waals surface area contributed by atoms with Crippen LogP contribution in [0.5, 0.6) is 5.75 Å². The molecule has 3 N–H and O–H groups in total. The summed E-state index contributed by atoms with van der Waals surface area (Å²) in [4.78, 5) is 30.1. The van der Waals surface area contributed by atoms with Gasteiger partial charge in [0.05, 0.1) is 19.1 Å². The molecule has 214 valence electrons. The van der Waals surface area contributed by atoms with E-state index in [9.17, 15) is 14.7 Å². The summed E-state index contributed by atoms with van der Waals surface area (Å²) in [5.41, 5.74) is 3.49. The fourth-order valence-electron chi connectivity index (χ4n) is 4.93. The summed E-state index contributed by atoms with van der Waals surface area (Å²) < 4.78 is 11.7. The number of hydrogen-bond acceptors (Lipinski definition) is 7. The first-order valence-electron chi connectivity index (χ1n) is 13.6. The summed E-state index contributed by atoms with van der Waals surface area (Å²) in [6.07, 6.45) is -0.131. The van der Waals surface area contributed by atoms with Crippen LogP contribution in [0.4, 0.5) is 16.2 Å². The first-order valence-corrected chi connectivity index (χ1v) is 13.6. The van der Waals surface area contributed by atoms with Crippen molar-refractivity contribution in [1.29, 1.82) is 0 Å². The zero-order valence-electron chi connectivity index (χ0n) is 23.8. The van der Waals surface area contributed by atoms with Crippen LogP contribution in [0.15, 0.2) is 53.1 Å². The normalized spacial score (nSPS) is 18.3. The highest BCUT2D eigenvalue weighted by atomic mass is 16.5. The van der Waals surface area contributed by atoms with E-state index in [1.807, 2.05) is 25.1 Å². The molecule has 2 heterocycles. The molecular weight excluding hydrogens is 510 g/mol. The molecule has 1 aliphatic heterocycles. The van der Waals surface area contributed by atoms with Crippen LogP contribution >= 0.6 is 0 Å². The Labute approximate surface area is 235 Å². The summed E-state index contributed by atoms with van der Waals surface area (Å²) in [5, 5.41) is 19.3. The molecule has 0 saturated heterocycles. The van der Waals surface area contributed by atoms with Crippen molar-refractivity contribution in [3.05, 3.63) is 71.1 Å². The number of urea groups is 1. The smallest absolute Gasteiger partial charge is 0.323 e. The van der Waals surface area contributed by atoms with E-state index >= 15 is 0 Å². The second-order valence-corrected chi connectivity index (χ2v) is 10.7. The van der Waals surface area contributed by atoms with Crippen molar-refractivity contribution >= 4 is 23.3 Å². The molecule has 10 heteroatoms. The lowest BCUT2D eigenvalue weighted by Crippen LogP contribution is -2.47. The number of ether oxygens (including phenoxy) is 1. The summed E-state index contributed by atoms with van der Waals surface area (Å²) in [6.45, 7) is 9.13.